The number of nitriles is 1. The van der Waals surface area contributed by atoms with Crippen LogP contribution in [0.5, 0.6) is 34.5 Å². The molecule has 0 saturated carbocycles. The molecule has 0 radical (unpaired) electrons. The quantitative estimate of drug-likeness (QED) is 0.143. The standard InChI is InChI=1S/C41H41N5O9S/c1-6-26-29-30(34(54-19(4)47)18(3)35-36(29)53-16-52-35)41(38-31-28-20(11-17(2)33(51-5)32(28)49)12-25(44-31)27(14-42)46(26)38)55-39(50)40(15-56-41)37-22(9-10-43-40)23-13-21(48)7-8-24(23)45-37/h7-8,11,13,25-27,31,38,43-45,48-49H,6,9-10,12,15-16H2,1-5H3/t25-,26+,27+,31-,38?,40-,41-/m1/s1. The van der Waals surface area contributed by atoms with Crippen molar-refractivity contribution in [2.45, 2.75) is 87.6 Å². The summed E-state index contributed by atoms with van der Waals surface area (Å²) in [4.78, 5) is 32.4. The molecule has 10 rings (SSSR count). The molecule has 2 saturated heterocycles. The molecule has 2 bridgehead atoms. The Kier molecular flexibility index (Phi) is 7.67. The maximum absolute atomic E-state index is 15.4. The summed E-state index contributed by atoms with van der Waals surface area (Å²) < 4.78 is 31.3. The summed E-state index contributed by atoms with van der Waals surface area (Å²) in [5.74, 6) is 0.597. The van der Waals surface area contributed by atoms with Crippen LogP contribution in [0, 0.1) is 25.2 Å². The number of hydrogen-bond acceptors (Lipinski definition) is 14. The molecule has 15 heteroatoms. The monoisotopic (exact) mass is 779 g/mol. The topological polar surface area (TPSA) is 188 Å². The van der Waals surface area contributed by atoms with Gasteiger partial charge in [-0.1, -0.05) is 13.0 Å². The van der Waals surface area contributed by atoms with E-state index < -0.39 is 46.6 Å². The number of nitrogens with one attached hydrogen (secondary N) is 3. The number of H-pyrrole nitrogens is 1. The van der Waals surface area contributed by atoms with Crippen molar-refractivity contribution in [1.82, 2.24) is 20.5 Å². The maximum atomic E-state index is 15.4. The Bertz CT molecular complexity index is 2460. The number of piperazine rings is 1. The summed E-state index contributed by atoms with van der Waals surface area (Å²) in [7, 11) is 1.52. The highest BCUT2D eigenvalue weighted by molar-refractivity contribution is 8.00. The van der Waals surface area contributed by atoms with Crippen molar-refractivity contribution in [3.05, 3.63) is 68.9 Å². The maximum Gasteiger partial charge on any atom is 0.335 e. The molecule has 4 aromatic rings. The van der Waals surface area contributed by atoms with Gasteiger partial charge in [-0.15, -0.1) is 11.8 Å². The van der Waals surface area contributed by atoms with Gasteiger partial charge in [0.15, 0.2) is 28.5 Å². The van der Waals surface area contributed by atoms with E-state index >= 15 is 4.79 Å². The Morgan fingerprint density at radius 2 is 1.96 bits per heavy atom. The first-order valence-electron chi connectivity index (χ1n) is 18.9. The number of phenolic OH excluding ortho intramolecular Hbond substituents is 2. The molecule has 7 atom stereocenters. The van der Waals surface area contributed by atoms with E-state index in [1.165, 1.54) is 25.8 Å². The molecular formula is C41H41N5O9S. The Balaban J connectivity index is 1.26. The average molecular weight is 780 g/mol. The van der Waals surface area contributed by atoms with Crippen LogP contribution in [0.15, 0.2) is 24.3 Å². The van der Waals surface area contributed by atoms with E-state index in [2.05, 4.69) is 26.6 Å². The van der Waals surface area contributed by atoms with E-state index in [0.717, 1.165) is 27.6 Å². The van der Waals surface area contributed by atoms with Gasteiger partial charge in [-0.05, 0) is 68.0 Å². The lowest BCUT2D eigenvalue weighted by molar-refractivity contribution is -0.177. The SMILES string of the molecule is CC[C@H]1c2c3c(c(C)c(OC(C)=O)c2[C@]2(OC(=O)[C@]4(CS2)NCCc2c4[nH]c4ccc(O)cc24)C2[C@@H]4N[C@H](Cc5cc(C)c(OC)c(O)c54)[C@H](C#N)N21)OCO3. The Morgan fingerprint density at radius 3 is 2.70 bits per heavy atom. The summed E-state index contributed by atoms with van der Waals surface area (Å²) >= 11 is 1.39. The Morgan fingerprint density at radius 1 is 1.16 bits per heavy atom. The molecule has 2 spiro atoms. The van der Waals surface area contributed by atoms with Gasteiger partial charge in [0.05, 0.1) is 36.5 Å². The van der Waals surface area contributed by atoms with Crippen molar-refractivity contribution in [2.24, 2.45) is 0 Å². The number of nitrogens with zero attached hydrogens (tertiary/aromatic N) is 2. The zero-order valence-corrected chi connectivity index (χ0v) is 32.3. The van der Waals surface area contributed by atoms with Crippen LogP contribution >= 0.6 is 11.8 Å². The zero-order chi connectivity index (χ0) is 39.0. The van der Waals surface area contributed by atoms with Crippen LogP contribution in [0.2, 0.25) is 0 Å². The lowest BCUT2D eigenvalue weighted by Crippen LogP contribution is -2.74. The predicted octanol–water partition coefficient (Wildman–Crippen LogP) is 4.64. The molecule has 290 valence electrons. The second kappa shape index (κ2) is 12.2. The lowest BCUT2D eigenvalue weighted by Gasteiger charge is -2.63. The number of benzene rings is 3. The van der Waals surface area contributed by atoms with Crippen LogP contribution in [-0.4, -0.2) is 76.4 Å². The molecule has 56 heavy (non-hydrogen) atoms. The van der Waals surface area contributed by atoms with Gasteiger partial charge < -0.3 is 44.2 Å². The van der Waals surface area contributed by atoms with E-state index in [0.29, 0.717) is 71.0 Å². The smallest absolute Gasteiger partial charge is 0.335 e. The third-order valence-corrected chi connectivity index (χ3v) is 14.2. The van der Waals surface area contributed by atoms with Crippen molar-refractivity contribution < 1.29 is 43.5 Å². The fraction of sp³-hybridized carbons (Fsp3) is 0.439. The third kappa shape index (κ3) is 4.43. The van der Waals surface area contributed by atoms with Crippen molar-refractivity contribution in [3.8, 4) is 40.6 Å². The summed E-state index contributed by atoms with van der Waals surface area (Å²) in [5.41, 5.74) is 4.90. The van der Waals surface area contributed by atoms with E-state index in [1.807, 2.05) is 19.9 Å². The summed E-state index contributed by atoms with van der Waals surface area (Å²) in [6.07, 6.45) is 1.60. The fourth-order valence-corrected chi connectivity index (χ4v) is 12.3. The van der Waals surface area contributed by atoms with Crippen LogP contribution < -0.4 is 29.6 Å². The number of carbonyl (C=O) groups excluding carboxylic acids is 2. The number of fused-ring (bicyclic) bond motifs is 15. The molecule has 6 aliphatic heterocycles. The third-order valence-electron chi connectivity index (χ3n) is 12.7. The number of ether oxygens (including phenoxy) is 5. The molecule has 1 aromatic heterocycles. The molecule has 2 fully saturated rings. The number of hydrogen-bond donors (Lipinski definition) is 5. The molecular weight excluding hydrogens is 739 g/mol. The molecule has 14 nitrogen and oxygen atoms in total. The van der Waals surface area contributed by atoms with E-state index in [-0.39, 0.29) is 35.8 Å². The van der Waals surface area contributed by atoms with Gasteiger partial charge in [0.2, 0.25) is 11.7 Å². The minimum atomic E-state index is -1.64. The van der Waals surface area contributed by atoms with Crippen LogP contribution in [0.25, 0.3) is 10.9 Å². The number of aromatic nitrogens is 1. The highest BCUT2D eigenvalue weighted by Crippen LogP contribution is 2.67. The molecule has 1 unspecified atom stereocenters. The number of phenols is 2. The molecule has 7 heterocycles. The van der Waals surface area contributed by atoms with Crippen LogP contribution in [-0.2, 0) is 37.6 Å². The second-order valence-electron chi connectivity index (χ2n) is 15.5. The first-order chi connectivity index (χ1) is 27.0. The zero-order valence-electron chi connectivity index (χ0n) is 31.5. The van der Waals surface area contributed by atoms with Crippen LogP contribution in [0.4, 0.5) is 0 Å². The van der Waals surface area contributed by atoms with Crippen LogP contribution in [0.3, 0.4) is 0 Å². The number of aryl methyl sites for hydroxylation is 1. The molecule has 6 aliphatic rings. The lowest BCUT2D eigenvalue weighted by atomic mass is 9.70. The molecule has 0 aliphatic carbocycles. The molecule has 3 aromatic carbocycles. The highest BCUT2D eigenvalue weighted by Gasteiger charge is 2.69. The van der Waals surface area contributed by atoms with Gasteiger partial charge in [-0.3, -0.25) is 15.0 Å². The van der Waals surface area contributed by atoms with Gasteiger partial charge in [-0.2, -0.15) is 5.26 Å². The Labute approximate surface area is 326 Å². The van der Waals surface area contributed by atoms with E-state index in [9.17, 15) is 20.3 Å². The van der Waals surface area contributed by atoms with Gasteiger partial charge in [0.1, 0.15) is 17.5 Å². The molecule has 5 N–H and O–H groups in total. The number of aromatic amines is 1. The van der Waals surface area contributed by atoms with Crippen molar-refractivity contribution in [1.29, 1.82) is 5.26 Å². The second-order valence-corrected chi connectivity index (χ2v) is 16.7. The number of thioether (sulfide) groups is 1. The number of methoxy groups -OCH3 is 1. The minimum absolute atomic E-state index is 0.0200. The van der Waals surface area contributed by atoms with Gasteiger partial charge in [-0.25, -0.2) is 4.79 Å². The first-order valence-corrected chi connectivity index (χ1v) is 19.9. The first kappa shape index (κ1) is 35.3. The molecule has 0 amide bonds. The summed E-state index contributed by atoms with van der Waals surface area (Å²) in [5, 5.41) is 41.6. The predicted molar refractivity (Wildman–Crippen MR) is 203 cm³/mol. The summed E-state index contributed by atoms with van der Waals surface area (Å²) in [6, 6.07) is 6.70. The average Bonchev–Trinajstić information content (AvgIpc) is 3.81. The van der Waals surface area contributed by atoms with Crippen LogP contribution in [0.1, 0.15) is 77.0 Å². The minimum Gasteiger partial charge on any atom is -0.508 e. The van der Waals surface area contributed by atoms with E-state index in [4.69, 9.17) is 23.7 Å². The fourth-order valence-electron chi connectivity index (χ4n) is 10.6. The highest BCUT2D eigenvalue weighted by atomic mass is 32.2. The number of aromatic hydroxyl groups is 2. The largest absolute Gasteiger partial charge is 0.508 e. The summed E-state index contributed by atoms with van der Waals surface area (Å²) in [6.45, 7) is 7.43. The van der Waals surface area contributed by atoms with Gasteiger partial charge in [0.25, 0.3) is 0 Å². The number of carbonyl (C=O) groups is 2. The van der Waals surface area contributed by atoms with Crippen molar-refractivity contribution >= 4 is 34.6 Å². The van der Waals surface area contributed by atoms with Gasteiger partial charge in [0, 0.05) is 58.9 Å². The van der Waals surface area contributed by atoms with Gasteiger partial charge >= 0.3 is 11.9 Å². The number of rotatable bonds is 3. The number of esters is 2. The van der Waals surface area contributed by atoms with Crippen molar-refractivity contribution in [3.63, 3.8) is 0 Å². The Hall–Kier alpha value is -5.14. The van der Waals surface area contributed by atoms with E-state index in [1.54, 1.807) is 25.1 Å². The normalized spacial score (nSPS) is 29.6. The van der Waals surface area contributed by atoms with Crippen molar-refractivity contribution in [2.75, 3.05) is 26.2 Å².